The Balaban J connectivity index is 1.82. The van der Waals surface area contributed by atoms with Crippen molar-refractivity contribution in [1.29, 1.82) is 0 Å². The number of nitrogens with zero attached hydrogens (tertiary/aromatic N) is 2. The van der Waals surface area contributed by atoms with Crippen LogP contribution in [0.15, 0.2) is 24.3 Å². The Labute approximate surface area is 197 Å². The highest BCUT2D eigenvalue weighted by atomic mass is 35.5. The largest absolute Gasteiger partial charge is 0.460 e. The first-order chi connectivity index (χ1) is 15.2. The highest BCUT2D eigenvalue weighted by molar-refractivity contribution is 6.30. The number of rotatable bonds is 7. The number of halogens is 1. The number of carbonyl (C=O) groups excluding carboxylic acids is 2. The van der Waals surface area contributed by atoms with E-state index in [4.69, 9.17) is 21.1 Å². The molecule has 1 amide bonds. The molecule has 1 aromatic carbocycles. The third kappa shape index (κ3) is 6.69. The zero-order chi connectivity index (χ0) is 23.3. The van der Waals surface area contributed by atoms with Crippen LogP contribution in [0.5, 0.6) is 0 Å². The molecule has 0 radical (unpaired) electrons. The van der Waals surface area contributed by atoms with Gasteiger partial charge in [-0.1, -0.05) is 30.7 Å². The molecule has 3 atom stereocenters. The van der Waals surface area contributed by atoms with Crippen LogP contribution in [0.4, 0.5) is 0 Å². The first-order valence-corrected chi connectivity index (χ1v) is 12.2. The fraction of sp³-hybridized carbons (Fsp3) is 0.680. The van der Waals surface area contributed by atoms with E-state index in [2.05, 4.69) is 16.7 Å². The summed E-state index contributed by atoms with van der Waals surface area (Å²) in [6.07, 6.45) is 2.48. The van der Waals surface area contributed by atoms with Gasteiger partial charge < -0.3 is 14.4 Å². The lowest BCUT2D eigenvalue weighted by molar-refractivity contribution is -0.161. The highest BCUT2D eigenvalue weighted by Crippen LogP contribution is 2.38. The number of hydrogen-bond acceptors (Lipinski definition) is 5. The van der Waals surface area contributed by atoms with Crippen molar-refractivity contribution in [2.24, 2.45) is 5.92 Å². The van der Waals surface area contributed by atoms with Crippen molar-refractivity contribution in [2.45, 2.75) is 71.1 Å². The number of likely N-dealkylation sites (tertiary alicyclic amines) is 1. The van der Waals surface area contributed by atoms with Crippen LogP contribution >= 0.6 is 11.6 Å². The maximum Gasteiger partial charge on any atom is 0.307 e. The van der Waals surface area contributed by atoms with Crippen LogP contribution in [0, 0.1) is 5.92 Å². The SMILES string of the molecule is CC[C@@H](CN1CCOCC1)N1C(=O)[C@@H](CC(=O)OC(C)(C)C)CC[C@H]1c1ccc(Cl)cc1. The number of piperidine rings is 1. The van der Waals surface area contributed by atoms with Crippen molar-refractivity contribution in [2.75, 3.05) is 32.8 Å². The molecule has 0 unspecified atom stereocenters. The molecule has 0 aromatic heterocycles. The summed E-state index contributed by atoms with van der Waals surface area (Å²) in [5.41, 5.74) is 0.543. The fourth-order valence-corrected chi connectivity index (χ4v) is 4.83. The van der Waals surface area contributed by atoms with Gasteiger partial charge in [-0.2, -0.15) is 0 Å². The Hall–Kier alpha value is -1.63. The molecule has 0 bridgehead atoms. The van der Waals surface area contributed by atoms with Gasteiger partial charge in [-0.25, -0.2) is 0 Å². The summed E-state index contributed by atoms with van der Waals surface area (Å²) in [7, 11) is 0. The summed E-state index contributed by atoms with van der Waals surface area (Å²) in [5, 5.41) is 0.686. The van der Waals surface area contributed by atoms with E-state index in [0.717, 1.165) is 51.3 Å². The van der Waals surface area contributed by atoms with Crippen LogP contribution in [0.25, 0.3) is 0 Å². The maximum absolute atomic E-state index is 13.8. The number of ether oxygens (including phenoxy) is 2. The van der Waals surface area contributed by atoms with Gasteiger partial charge in [-0.15, -0.1) is 0 Å². The van der Waals surface area contributed by atoms with Gasteiger partial charge in [0.25, 0.3) is 0 Å². The first kappa shape index (κ1) is 25.0. The molecule has 2 aliphatic rings. The molecular weight excluding hydrogens is 428 g/mol. The lowest BCUT2D eigenvalue weighted by Gasteiger charge is -2.45. The monoisotopic (exact) mass is 464 g/mol. The number of hydrogen-bond donors (Lipinski definition) is 0. The molecule has 2 saturated heterocycles. The molecule has 7 heteroatoms. The quantitative estimate of drug-likeness (QED) is 0.557. The third-order valence-electron chi connectivity index (χ3n) is 6.25. The summed E-state index contributed by atoms with van der Waals surface area (Å²) >= 11 is 6.12. The molecule has 2 fully saturated rings. The molecular formula is C25H37ClN2O4. The normalized spacial score (nSPS) is 23.8. The standard InChI is InChI=1S/C25H37ClN2O4/c1-5-21(17-27-12-14-31-15-13-27)28-22(18-6-9-20(26)10-7-18)11-8-19(24(28)30)16-23(29)32-25(2,3)4/h6-7,9-10,19,21-22H,5,8,11-17H2,1-4H3/t19-,21+,22+/m1/s1. The van der Waals surface area contributed by atoms with Gasteiger partial charge in [-0.3, -0.25) is 14.5 Å². The molecule has 0 spiro atoms. The summed E-state index contributed by atoms with van der Waals surface area (Å²) in [4.78, 5) is 30.7. The smallest absolute Gasteiger partial charge is 0.307 e. The van der Waals surface area contributed by atoms with Crippen molar-refractivity contribution in [3.63, 3.8) is 0 Å². The van der Waals surface area contributed by atoms with Crippen molar-refractivity contribution in [3.8, 4) is 0 Å². The Morgan fingerprint density at radius 2 is 1.84 bits per heavy atom. The van der Waals surface area contributed by atoms with E-state index in [1.165, 1.54) is 0 Å². The van der Waals surface area contributed by atoms with Crippen LogP contribution in [-0.4, -0.2) is 66.2 Å². The Bertz CT molecular complexity index is 771. The van der Waals surface area contributed by atoms with Crippen molar-refractivity contribution >= 4 is 23.5 Å². The van der Waals surface area contributed by atoms with Gasteiger partial charge in [-0.05, 0) is 57.7 Å². The molecule has 2 heterocycles. The van der Waals surface area contributed by atoms with Gasteiger partial charge in [0.1, 0.15) is 5.60 Å². The van der Waals surface area contributed by atoms with Gasteiger partial charge >= 0.3 is 5.97 Å². The summed E-state index contributed by atoms with van der Waals surface area (Å²) in [6, 6.07) is 7.86. The van der Waals surface area contributed by atoms with Gasteiger partial charge in [0.15, 0.2) is 0 Å². The van der Waals surface area contributed by atoms with Crippen molar-refractivity contribution < 1.29 is 19.1 Å². The van der Waals surface area contributed by atoms with E-state index >= 15 is 0 Å². The fourth-order valence-electron chi connectivity index (χ4n) is 4.70. The van der Waals surface area contributed by atoms with Crippen LogP contribution in [0.2, 0.25) is 5.02 Å². The first-order valence-electron chi connectivity index (χ1n) is 11.8. The molecule has 1 aromatic rings. The van der Waals surface area contributed by atoms with E-state index in [1.54, 1.807) is 0 Å². The zero-order valence-electron chi connectivity index (χ0n) is 19.8. The highest BCUT2D eigenvalue weighted by Gasteiger charge is 2.41. The van der Waals surface area contributed by atoms with Crippen LogP contribution < -0.4 is 0 Å². The molecule has 0 N–H and O–H groups in total. The lowest BCUT2D eigenvalue weighted by atomic mass is 9.85. The average molecular weight is 465 g/mol. The van der Waals surface area contributed by atoms with E-state index < -0.39 is 5.60 Å². The molecule has 0 saturated carbocycles. The average Bonchev–Trinajstić information content (AvgIpc) is 2.74. The second kappa shape index (κ2) is 11.0. The third-order valence-corrected chi connectivity index (χ3v) is 6.51. The topological polar surface area (TPSA) is 59.1 Å². The van der Waals surface area contributed by atoms with E-state index in [9.17, 15) is 9.59 Å². The minimum atomic E-state index is -0.553. The number of amides is 1. The van der Waals surface area contributed by atoms with Gasteiger partial charge in [0.2, 0.25) is 5.91 Å². The maximum atomic E-state index is 13.8. The second-order valence-corrected chi connectivity index (χ2v) is 10.3. The Morgan fingerprint density at radius 3 is 2.44 bits per heavy atom. The molecule has 3 rings (SSSR count). The van der Waals surface area contributed by atoms with E-state index in [0.29, 0.717) is 11.4 Å². The summed E-state index contributed by atoms with van der Waals surface area (Å²) in [6.45, 7) is 11.7. The Kier molecular flexibility index (Phi) is 8.59. The number of esters is 1. The van der Waals surface area contributed by atoms with Gasteiger partial charge in [0, 0.05) is 36.6 Å². The minimum Gasteiger partial charge on any atom is -0.460 e. The van der Waals surface area contributed by atoms with Gasteiger partial charge in [0.05, 0.1) is 25.7 Å². The van der Waals surface area contributed by atoms with E-state index in [1.807, 2.05) is 45.0 Å². The van der Waals surface area contributed by atoms with Crippen molar-refractivity contribution in [1.82, 2.24) is 9.80 Å². The van der Waals surface area contributed by atoms with Crippen LogP contribution in [0.3, 0.4) is 0 Å². The molecule has 32 heavy (non-hydrogen) atoms. The number of carbonyl (C=O) groups is 2. The molecule has 6 nitrogen and oxygen atoms in total. The second-order valence-electron chi connectivity index (χ2n) is 9.85. The van der Waals surface area contributed by atoms with Crippen LogP contribution in [-0.2, 0) is 19.1 Å². The van der Waals surface area contributed by atoms with E-state index in [-0.39, 0.29) is 36.3 Å². The van der Waals surface area contributed by atoms with Crippen molar-refractivity contribution in [3.05, 3.63) is 34.9 Å². The zero-order valence-corrected chi connectivity index (χ0v) is 20.6. The molecule has 2 aliphatic heterocycles. The Morgan fingerprint density at radius 1 is 1.19 bits per heavy atom. The molecule has 0 aliphatic carbocycles. The number of morpholine rings is 1. The number of benzene rings is 1. The molecule has 178 valence electrons. The summed E-state index contributed by atoms with van der Waals surface area (Å²) in [5.74, 6) is -0.587. The predicted octanol–water partition coefficient (Wildman–Crippen LogP) is 4.46. The van der Waals surface area contributed by atoms with Crippen LogP contribution in [0.1, 0.15) is 65.0 Å². The summed E-state index contributed by atoms with van der Waals surface area (Å²) < 4.78 is 11.0. The minimum absolute atomic E-state index is 0.0133. The predicted molar refractivity (Wildman–Crippen MR) is 126 cm³/mol. The lowest BCUT2D eigenvalue weighted by Crippen LogP contribution is -2.54.